The summed E-state index contributed by atoms with van der Waals surface area (Å²) in [4.78, 5) is 16.0. The molecule has 72 valence electrons. The predicted octanol–water partition coefficient (Wildman–Crippen LogP) is 1.77. The fourth-order valence-corrected chi connectivity index (χ4v) is 1.40. The molecule has 0 spiro atoms. The molecule has 14 heavy (non-hydrogen) atoms. The lowest BCUT2D eigenvalue weighted by molar-refractivity contribution is -0.126. The van der Waals surface area contributed by atoms with Gasteiger partial charge in [0.15, 0.2) is 11.9 Å². The molecule has 1 aromatic carbocycles. The van der Waals surface area contributed by atoms with Gasteiger partial charge in [0.05, 0.1) is 5.71 Å². The third-order valence-electron chi connectivity index (χ3n) is 2.23. The van der Waals surface area contributed by atoms with Gasteiger partial charge in [-0.15, -0.1) is 0 Å². The van der Waals surface area contributed by atoms with Crippen molar-refractivity contribution >= 4 is 11.5 Å². The number of hydrogen-bond donors (Lipinski definition) is 0. The summed E-state index contributed by atoms with van der Waals surface area (Å²) in [6.07, 6.45) is 0.199. The third kappa shape index (κ3) is 1.66. The summed E-state index contributed by atoms with van der Waals surface area (Å²) in [7, 11) is 0. The Morgan fingerprint density at radius 1 is 1.43 bits per heavy atom. The van der Waals surface area contributed by atoms with Crippen LogP contribution in [0.5, 0.6) is 0 Å². The van der Waals surface area contributed by atoms with Gasteiger partial charge >= 0.3 is 0 Å². The molecule has 0 N–H and O–H groups in total. The van der Waals surface area contributed by atoms with Gasteiger partial charge in [0.1, 0.15) is 0 Å². The maximum Gasteiger partial charge on any atom is 0.190 e. The molecule has 0 aliphatic carbocycles. The van der Waals surface area contributed by atoms with Crippen LogP contribution in [0.1, 0.15) is 18.9 Å². The molecular formula is C11H11NO2. The lowest BCUT2D eigenvalue weighted by Gasteiger charge is -2.01. The largest absolute Gasteiger partial charge is 0.384 e. The first-order valence-corrected chi connectivity index (χ1v) is 4.56. The molecule has 2 rings (SSSR count). The molecule has 0 saturated heterocycles. The molecule has 0 saturated carbocycles. The Bertz CT molecular complexity index is 370. The zero-order chi connectivity index (χ0) is 9.97. The van der Waals surface area contributed by atoms with E-state index in [4.69, 9.17) is 4.84 Å². The van der Waals surface area contributed by atoms with Crippen molar-refractivity contribution in [2.45, 2.75) is 19.4 Å². The normalized spacial score (nSPS) is 20.1. The number of carbonyl (C=O) groups excluding carboxylic acids is 1. The molecule has 0 amide bonds. The Kier molecular flexibility index (Phi) is 2.31. The average molecular weight is 189 g/mol. The fraction of sp³-hybridized carbons (Fsp3) is 0.273. The van der Waals surface area contributed by atoms with Crippen molar-refractivity contribution in [3.63, 3.8) is 0 Å². The van der Waals surface area contributed by atoms with E-state index in [1.54, 1.807) is 0 Å². The van der Waals surface area contributed by atoms with Gasteiger partial charge in [-0.1, -0.05) is 35.5 Å². The zero-order valence-corrected chi connectivity index (χ0v) is 7.93. The monoisotopic (exact) mass is 189 g/mol. The molecule has 1 aromatic rings. The first-order valence-electron chi connectivity index (χ1n) is 4.56. The van der Waals surface area contributed by atoms with Crippen molar-refractivity contribution in [1.29, 1.82) is 0 Å². The molecule has 0 unspecified atom stereocenters. The van der Waals surface area contributed by atoms with E-state index in [2.05, 4.69) is 5.16 Å². The molecule has 0 aromatic heterocycles. The number of hydrogen-bond acceptors (Lipinski definition) is 3. The molecule has 1 aliphatic heterocycles. The van der Waals surface area contributed by atoms with E-state index in [1.165, 1.54) is 6.92 Å². The Balaban J connectivity index is 2.13. The van der Waals surface area contributed by atoms with E-state index in [0.717, 1.165) is 11.3 Å². The summed E-state index contributed by atoms with van der Waals surface area (Å²) in [5.41, 5.74) is 1.88. The highest BCUT2D eigenvalue weighted by Crippen LogP contribution is 2.16. The topological polar surface area (TPSA) is 38.7 Å². The third-order valence-corrected chi connectivity index (χ3v) is 2.23. The van der Waals surface area contributed by atoms with E-state index in [-0.39, 0.29) is 11.9 Å². The molecule has 3 nitrogen and oxygen atoms in total. The number of carbonyl (C=O) groups is 1. The fourth-order valence-electron chi connectivity index (χ4n) is 1.40. The SMILES string of the molecule is CC(=O)[C@H]1CC(c2ccccc2)=NO1. The van der Waals surface area contributed by atoms with Gasteiger partial charge in [-0.2, -0.15) is 0 Å². The number of benzene rings is 1. The van der Waals surface area contributed by atoms with Gasteiger partial charge in [-0.3, -0.25) is 4.79 Å². The molecule has 1 heterocycles. The molecule has 0 radical (unpaired) electrons. The first kappa shape index (κ1) is 8.94. The number of oxime groups is 1. The van der Waals surface area contributed by atoms with Gasteiger partial charge in [-0.05, 0) is 12.5 Å². The zero-order valence-electron chi connectivity index (χ0n) is 7.93. The molecule has 1 aliphatic rings. The quantitative estimate of drug-likeness (QED) is 0.711. The smallest absolute Gasteiger partial charge is 0.190 e. The molecule has 0 fully saturated rings. The van der Waals surface area contributed by atoms with Gasteiger partial charge in [0.2, 0.25) is 0 Å². The number of rotatable bonds is 2. The van der Waals surface area contributed by atoms with Crippen LogP contribution in [-0.2, 0) is 9.63 Å². The maximum absolute atomic E-state index is 11.0. The van der Waals surface area contributed by atoms with Crippen LogP contribution < -0.4 is 0 Å². The van der Waals surface area contributed by atoms with E-state index in [9.17, 15) is 4.79 Å². The van der Waals surface area contributed by atoms with Gasteiger partial charge < -0.3 is 4.84 Å². The highest BCUT2D eigenvalue weighted by Gasteiger charge is 2.25. The Morgan fingerprint density at radius 3 is 2.71 bits per heavy atom. The first-order chi connectivity index (χ1) is 6.77. The van der Waals surface area contributed by atoms with Crippen LogP contribution in [0.15, 0.2) is 35.5 Å². The highest BCUT2D eigenvalue weighted by molar-refractivity contribution is 6.03. The number of Topliss-reactive ketones (excluding diaryl/α,β-unsaturated/α-hetero) is 1. The standard InChI is InChI=1S/C11H11NO2/c1-8(13)11-7-10(12-14-11)9-5-3-2-4-6-9/h2-6,11H,7H2,1H3/t11-/m1/s1. The Labute approximate surface area is 82.4 Å². The van der Waals surface area contributed by atoms with Crippen molar-refractivity contribution in [2.24, 2.45) is 5.16 Å². The second-order valence-electron chi connectivity index (χ2n) is 3.31. The minimum atomic E-state index is -0.384. The van der Waals surface area contributed by atoms with Gasteiger partial charge in [0, 0.05) is 6.42 Å². The Hall–Kier alpha value is -1.64. The minimum Gasteiger partial charge on any atom is -0.384 e. The van der Waals surface area contributed by atoms with Crippen LogP contribution >= 0.6 is 0 Å². The summed E-state index contributed by atoms with van der Waals surface area (Å²) in [6, 6.07) is 9.76. The van der Waals surface area contributed by atoms with Crippen LogP contribution in [0.2, 0.25) is 0 Å². The summed E-state index contributed by atoms with van der Waals surface area (Å²) in [6.45, 7) is 1.52. The van der Waals surface area contributed by atoms with Crippen LogP contribution in [0.3, 0.4) is 0 Å². The second kappa shape index (κ2) is 3.62. The van der Waals surface area contributed by atoms with E-state index >= 15 is 0 Å². The maximum atomic E-state index is 11.0. The van der Waals surface area contributed by atoms with Crippen LogP contribution in [0, 0.1) is 0 Å². The van der Waals surface area contributed by atoms with Crippen molar-refractivity contribution in [3.05, 3.63) is 35.9 Å². The van der Waals surface area contributed by atoms with Crippen molar-refractivity contribution in [1.82, 2.24) is 0 Å². The lowest BCUT2D eigenvalue weighted by Crippen LogP contribution is -2.17. The lowest BCUT2D eigenvalue weighted by atomic mass is 10.0. The summed E-state index contributed by atoms with van der Waals surface area (Å²) < 4.78 is 0. The molecule has 3 heteroatoms. The summed E-state index contributed by atoms with van der Waals surface area (Å²) in [5.74, 6) is 0.0275. The molecule has 1 atom stereocenters. The van der Waals surface area contributed by atoms with E-state index in [0.29, 0.717) is 6.42 Å². The molecule has 0 bridgehead atoms. The van der Waals surface area contributed by atoms with Crippen LogP contribution in [-0.4, -0.2) is 17.6 Å². The second-order valence-corrected chi connectivity index (χ2v) is 3.31. The average Bonchev–Trinajstić information content (AvgIpc) is 2.68. The van der Waals surface area contributed by atoms with Crippen molar-refractivity contribution in [2.75, 3.05) is 0 Å². The molecular weight excluding hydrogens is 178 g/mol. The number of nitrogens with zero attached hydrogens (tertiary/aromatic N) is 1. The number of ketones is 1. The van der Waals surface area contributed by atoms with E-state index in [1.807, 2.05) is 30.3 Å². The van der Waals surface area contributed by atoms with Crippen LogP contribution in [0.4, 0.5) is 0 Å². The van der Waals surface area contributed by atoms with Crippen LogP contribution in [0.25, 0.3) is 0 Å². The van der Waals surface area contributed by atoms with Crippen molar-refractivity contribution < 1.29 is 9.63 Å². The summed E-state index contributed by atoms with van der Waals surface area (Å²) in [5, 5.41) is 3.90. The summed E-state index contributed by atoms with van der Waals surface area (Å²) >= 11 is 0. The van der Waals surface area contributed by atoms with Gasteiger partial charge in [-0.25, -0.2) is 0 Å². The predicted molar refractivity (Wildman–Crippen MR) is 53.2 cm³/mol. The van der Waals surface area contributed by atoms with E-state index < -0.39 is 0 Å². The Morgan fingerprint density at radius 2 is 2.14 bits per heavy atom. The minimum absolute atomic E-state index is 0.0275. The van der Waals surface area contributed by atoms with Crippen molar-refractivity contribution in [3.8, 4) is 0 Å². The highest BCUT2D eigenvalue weighted by atomic mass is 16.6. The van der Waals surface area contributed by atoms with Gasteiger partial charge in [0.25, 0.3) is 0 Å².